The van der Waals surface area contributed by atoms with Crippen molar-refractivity contribution < 1.29 is 22.7 Å². The van der Waals surface area contributed by atoms with Crippen LogP contribution in [0, 0.1) is 5.82 Å². The molecule has 0 saturated carbocycles. The van der Waals surface area contributed by atoms with E-state index in [-0.39, 0.29) is 24.5 Å². The molecule has 0 unspecified atom stereocenters. The average molecular weight is 380 g/mol. The highest BCUT2D eigenvalue weighted by molar-refractivity contribution is 7.89. The topological polar surface area (TPSA) is 95.5 Å². The van der Waals surface area contributed by atoms with Gasteiger partial charge < -0.3 is 10.4 Å². The molecule has 1 atom stereocenters. The molecule has 2 aromatic rings. The number of nitrogens with one attached hydrogen (secondary N) is 2. The number of hydrogen-bond donors (Lipinski definition) is 3. The Morgan fingerprint density at radius 2 is 1.73 bits per heavy atom. The standard InChI is InChI=1S/C18H21FN2O4S/c19-15-7-9-16(10-8-15)26(24,25)21-17(18(23)20-11-4-12-22)13-14-5-2-1-3-6-14/h1-3,5-10,17,21-22H,4,11-13H2,(H,20,23)/t17-/m0/s1. The molecular formula is C18H21FN2O4S. The molecule has 2 aromatic carbocycles. The molecule has 0 aliphatic rings. The van der Waals surface area contributed by atoms with Crippen LogP contribution < -0.4 is 10.0 Å². The molecule has 0 radical (unpaired) electrons. The van der Waals surface area contributed by atoms with E-state index in [0.717, 1.165) is 29.8 Å². The van der Waals surface area contributed by atoms with E-state index in [2.05, 4.69) is 10.0 Å². The normalized spacial score (nSPS) is 12.5. The second-order valence-electron chi connectivity index (χ2n) is 5.69. The Morgan fingerprint density at radius 3 is 2.35 bits per heavy atom. The molecule has 0 aromatic heterocycles. The maximum Gasteiger partial charge on any atom is 0.241 e. The molecule has 6 nitrogen and oxygen atoms in total. The van der Waals surface area contributed by atoms with Crippen LogP contribution in [0.1, 0.15) is 12.0 Å². The van der Waals surface area contributed by atoms with Gasteiger partial charge in [-0.2, -0.15) is 4.72 Å². The number of rotatable bonds is 9. The molecule has 8 heteroatoms. The van der Waals surface area contributed by atoms with E-state index in [4.69, 9.17) is 5.11 Å². The van der Waals surface area contributed by atoms with Crippen molar-refractivity contribution in [3.8, 4) is 0 Å². The molecule has 140 valence electrons. The lowest BCUT2D eigenvalue weighted by Gasteiger charge is -2.19. The maximum atomic E-state index is 13.0. The molecule has 0 heterocycles. The minimum Gasteiger partial charge on any atom is -0.396 e. The Balaban J connectivity index is 2.19. The summed E-state index contributed by atoms with van der Waals surface area (Å²) >= 11 is 0. The summed E-state index contributed by atoms with van der Waals surface area (Å²) < 4.78 is 40.5. The summed E-state index contributed by atoms with van der Waals surface area (Å²) in [6.45, 7) is 0.157. The van der Waals surface area contributed by atoms with Gasteiger partial charge in [-0.1, -0.05) is 30.3 Å². The zero-order valence-corrected chi connectivity index (χ0v) is 14.9. The summed E-state index contributed by atoms with van der Waals surface area (Å²) in [6.07, 6.45) is 0.529. The SMILES string of the molecule is O=C(NCCCO)[C@H](Cc1ccccc1)NS(=O)(=O)c1ccc(F)cc1. The van der Waals surface area contributed by atoms with Crippen molar-refractivity contribution in [1.82, 2.24) is 10.0 Å². The summed E-state index contributed by atoms with van der Waals surface area (Å²) in [4.78, 5) is 12.3. The first-order valence-corrected chi connectivity index (χ1v) is 9.61. The van der Waals surface area contributed by atoms with Crippen LogP contribution in [0.2, 0.25) is 0 Å². The Bertz CT molecular complexity index is 811. The number of aliphatic hydroxyl groups excluding tert-OH is 1. The molecule has 26 heavy (non-hydrogen) atoms. The number of hydrogen-bond acceptors (Lipinski definition) is 4. The lowest BCUT2D eigenvalue weighted by atomic mass is 10.1. The van der Waals surface area contributed by atoms with Gasteiger partial charge >= 0.3 is 0 Å². The van der Waals surface area contributed by atoms with Crippen LogP contribution in [-0.4, -0.2) is 38.6 Å². The van der Waals surface area contributed by atoms with Gasteiger partial charge in [0.1, 0.15) is 11.9 Å². The fourth-order valence-corrected chi connectivity index (χ4v) is 3.52. The molecular weight excluding hydrogens is 359 g/mol. The number of sulfonamides is 1. The third-order valence-electron chi connectivity index (χ3n) is 3.65. The van der Waals surface area contributed by atoms with Gasteiger partial charge in [0.25, 0.3) is 0 Å². The largest absolute Gasteiger partial charge is 0.396 e. The van der Waals surface area contributed by atoms with Gasteiger partial charge in [0.15, 0.2) is 0 Å². The minimum atomic E-state index is -4.00. The van der Waals surface area contributed by atoms with Crippen LogP contribution in [0.5, 0.6) is 0 Å². The Morgan fingerprint density at radius 1 is 1.08 bits per heavy atom. The second-order valence-corrected chi connectivity index (χ2v) is 7.40. The van der Waals surface area contributed by atoms with Crippen LogP contribution in [0.3, 0.4) is 0 Å². The van der Waals surface area contributed by atoms with Gasteiger partial charge in [0.05, 0.1) is 4.90 Å². The van der Waals surface area contributed by atoms with E-state index < -0.39 is 27.8 Å². The van der Waals surface area contributed by atoms with Gasteiger partial charge in [-0.05, 0) is 42.7 Å². The summed E-state index contributed by atoms with van der Waals surface area (Å²) in [6, 6.07) is 12.3. The molecule has 0 spiro atoms. The number of carbonyl (C=O) groups is 1. The van der Waals surface area contributed by atoms with Crippen LogP contribution in [0.15, 0.2) is 59.5 Å². The van der Waals surface area contributed by atoms with E-state index in [0.29, 0.717) is 6.42 Å². The summed E-state index contributed by atoms with van der Waals surface area (Å²) in [5.41, 5.74) is 0.789. The highest BCUT2D eigenvalue weighted by Gasteiger charge is 2.26. The number of amides is 1. The highest BCUT2D eigenvalue weighted by Crippen LogP contribution is 2.12. The van der Waals surface area contributed by atoms with Gasteiger partial charge in [-0.25, -0.2) is 12.8 Å². The average Bonchev–Trinajstić information content (AvgIpc) is 2.62. The smallest absolute Gasteiger partial charge is 0.241 e. The fraction of sp³-hybridized carbons (Fsp3) is 0.278. The molecule has 0 fully saturated rings. The third kappa shape index (κ3) is 5.91. The van der Waals surface area contributed by atoms with Crippen molar-refractivity contribution in [2.24, 2.45) is 0 Å². The summed E-state index contributed by atoms with van der Waals surface area (Å²) in [5, 5.41) is 11.4. The lowest BCUT2D eigenvalue weighted by molar-refractivity contribution is -0.122. The van der Waals surface area contributed by atoms with Crippen LogP contribution >= 0.6 is 0 Å². The maximum absolute atomic E-state index is 13.0. The second kappa shape index (κ2) is 9.42. The molecule has 1 amide bonds. The van der Waals surface area contributed by atoms with E-state index in [1.54, 1.807) is 24.3 Å². The third-order valence-corrected chi connectivity index (χ3v) is 5.14. The Kier molecular flexibility index (Phi) is 7.26. The van der Waals surface area contributed by atoms with Gasteiger partial charge in [0.2, 0.25) is 15.9 Å². The zero-order valence-electron chi connectivity index (χ0n) is 14.1. The number of halogens is 1. The Labute approximate surface area is 152 Å². The minimum absolute atomic E-state index is 0.0784. The van der Waals surface area contributed by atoms with Gasteiger partial charge in [0, 0.05) is 13.2 Å². The molecule has 0 aliphatic heterocycles. The number of aliphatic hydroxyl groups is 1. The van der Waals surface area contributed by atoms with Crippen molar-refractivity contribution in [3.63, 3.8) is 0 Å². The first-order valence-electron chi connectivity index (χ1n) is 8.13. The van der Waals surface area contributed by atoms with Crippen molar-refractivity contribution >= 4 is 15.9 Å². The van der Waals surface area contributed by atoms with Crippen molar-refractivity contribution in [1.29, 1.82) is 0 Å². The van der Waals surface area contributed by atoms with E-state index in [1.165, 1.54) is 0 Å². The molecule has 0 bridgehead atoms. The van der Waals surface area contributed by atoms with E-state index in [1.807, 2.05) is 6.07 Å². The molecule has 3 N–H and O–H groups in total. The van der Waals surface area contributed by atoms with Crippen molar-refractivity contribution in [2.45, 2.75) is 23.8 Å². The summed E-state index contributed by atoms with van der Waals surface area (Å²) in [7, 11) is -4.00. The summed E-state index contributed by atoms with van der Waals surface area (Å²) in [5.74, 6) is -1.04. The first kappa shape index (κ1) is 20.0. The van der Waals surface area contributed by atoms with Gasteiger partial charge in [-0.15, -0.1) is 0 Å². The molecule has 0 aliphatic carbocycles. The molecule has 0 saturated heterocycles. The fourth-order valence-electron chi connectivity index (χ4n) is 2.32. The zero-order chi connectivity index (χ0) is 19.0. The van der Waals surface area contributed by atoms with Crippen LogP contribution in [0.4, 0.5) is 4.39 Å². The predicted octanol–water partition coefficient (Wildman–Crippen LogP) is 1.21. The van der Waals surface area contributed by atoms with Crippen LogP contribution in [0.25, 0.3) is 0 Å². The number of carbonyl (C=O) groups excluding carboxylic acids is 1. The quantitative estimate of drug-likeness (QED) is 0.570. The Hall–Kier alpha value is -2.29. The molecule has 2 rings (SSSR count). The predicted molar refractivity (Wildman–Crippen MR) is 95.4 cm³/mol. The van der Waals surface area contributed by atoms with Gasteiger partial charge in [-0.3, -0.25) is 4.79 Å². The monoisotopic (exact) mass is 380 g/mol. The number of benzene rings is 2. The van der Waals surface area contributed by atoms with Crippen molar-refractivity contribution in [3.05, 3.63) is 66.0 Å². The van der Waals surface area contributed by atoms with Crippen molar-refractivity contribution in [2.75, 3.05) is 13.2 Å². The van der Waals surface area contributed by atoms with E-state index >= 15 is 0 Å². The highest BCUT2D eigenvalue weighted by atomic mass is 32.2. The van der Waals surface area contributed by atoms with Crippen LogP contribution in [-0.2, 0) is 21.2 Å². The van der Waals surface area contributed by atoms with E-state index in [9.17, 15) is 17.6 Å². The first-order chi connectivity index (χ1) is 12.4. The lowest BCUT2D eigenvalue weighted by Crippen LogP contribution is -2.48.